The molecule has 0 saturated carbocycles. The maximum absolute atomic E-state index is 13.4. The third-order valence-electron chi connectivity index (χ3n) is 6.67. The average molecular weight is 541 g/mol. The number of benzene rings is 2. The normalized spacial score (nSPS) is 17.7. The lowest BCUT2D eigenvalue weighted by Crippen LogP contribution is -2.30. The number of nitrogens with two attached hydrogens (primary N) is 1. The molecule has 12 heteroatoms. The second-order valence-corrected chi connectivity index (χ2v) is 9.53. The van der Waals surface area contributed by atoms with Crippen molar-refractivity contribution >= 4 is 17.6 Å². The minimum Gasteiger partial charge on any atom is -0.457 e. The van der Waals surface area contributed by atoms with Crippen LogP contribution in [0.4, 0.5) is 19.0 Å². The molecule has 0 unspecified atom stereocenters. The largest absolute Gasteiger partial charge is 0.457 e. The summed E-state index contributed by atoms with van der Waals surface area (Å²) in [6, 6.07) is 11.0. The van der Waals surface area contributed by atoms with Crippen LogP contribution in [0.15, 0.2) is 48.5 Å². The van der Waals surface area contributed by atoms with Crippen molar-refractivity contribution in [1.29, 1.82) is 0 Å². The summed E-state index contributed by atoms with van der Waals surface area (Å²) >= 11 is 0. The average Bonchev–Trinajstić information content (AvgIpc) is 3.56. The highest BCUT2D eigenvalue weighted by Crippen LogP contribution is 2.35. The molecular weight excluding hydrogens is 513 g/mol. The first-order valence-corrected chi connectivity index (χ1v) is 12.6. The molecule has 2 aliphatic heterocycles. The smallest absolute Gasteiger partial charge is 0.416 e. The second-order valence-electron chi connectivity index (χ2n) is 9.53. The summed E-state index contributed by atoms with van der Waals surface area (Å²) < 4.78 is 46.1. The minimum atomic E-state index is -4.45. The van der Waals surface area contributed by atoms with E-state index in [2.05, 4.69) is 25.5 Å². The maximum atomic E-state index is 13.4. The van der Waals surface area contributed by atoms with Gasteiger partial charge in [-0.2, -0.15) is 13.2 Å². The molecule has 3 heterocycles. The lowest BCUT2D eigenvalue weighted by atomic mass is 10.1. The Bertz CT molecular complexity index is 1370. The number of rotatable bonds is 8. The number of amides is 2. The van der Waals surface area contributed by atoms with Gasteiger partial charge in [-0.15, -0.1) is 0 Å². The molecule has 0 spiro atoms. The van der Waals surface area contributed by atoms with Crippen molar-refractivity contribution in [1.82, 2.24) is 20.2 Å². The van der Waals surface area contributed by atoms with E-state index < -0.39 is 23.7 Å². The Labute approximate surface area is 222 Å². The molecule has 9 nitrogen and oxygen atoms in total. The van der Waals surface area contributed by atoms with Gasteiger partial charge in [-0.1, -0.05) is 0 Å². The first-order chi connectivity index (χ1) is 18.7. The van der Waals surface area contributed by atoms with E-state index in [0.29, 0.717) is 42.1 Å². The number of anilines is 1. The second kappa shape index (κ2) is 10.9. The van der Waals surface area contributed by atoms with E-state index in [1.165, 1.54) is 12.1 Å². The molecule has 2 amide bonds. The van der Waals surface area contributed by atoms with Gasteiger partial charge in [-0.25, -0.2) is 9.97 Å². The van der Waals surface area contributed by atoms with Gasteiger partial charge < -0.3 is 21.1 Å². The van der Waals surface area contributed by atoms with E-state index in [1.807, 2.05) is 0 Å². The van der Waals surface area contributed by atoms with Crippen molar-refractivity contribution < 1.29 is 27.5 Å². The lowest BCUT2D eigenvalue weighted by Gasteiger charge is -2.19. The van der Waals surface area contributed by atoms with E-state index in [9.17, 15) is 22.8 Å². The van der Waals surface area contributed by atoms with Gasteiger partial charge in [0.05, 0.1) is 5.56 Å². The summed E-state index contributed by atoms with van der Waals surface area (Å²) in [4.78, 5) is 34.6. The molecule has 3 aromatic rings. The molecule has 5 rings (SSSR count). The Morgan fingerprint density at radius 3 is 2.49 bits per heavy atom. The molecule has 204 valence electrons. The van der Waals surface area contributed by atoms with E-state index in [1.54, 1.807) is 24.3 Å². The van der Waals surface area contributed by atoms with Gasteiger partial charge in [0, 0.05) is 30.3 Å². The predicted molar refractivity (Wildman–Crippen MR) is 137 cm³/mol. The number of aromatic nitrogens is 2. The van der Waals surface area contributed by atoms with Gasteiger partial charge >= 0.3 is 6.18 Å². The Morgan fingerprint density at radius 2 is 1.85 bits per heavy atom. The first kappa shape index (κ1) is 26.4. The van der Waals surface area contributed by atoms with Gasteiger partial charge in [-0.05, 0) is 74.8 Å². The van der Waals surface area contributed by atoms with Crippen LogP contribution < -0.4 is 21.1 Å². The standard InChI is InChI=1S/C27H27F3N6O3/c28-27(29,30)18-5-8-22(17(13-18)15-36-11-1-2-12-36)39-19-6-3-16(4-7-19)25-34-21(24(31)37)14-23(35-25)33-20-9-10-32-26(20)38/h3-8,13-14,20H,1-2,9-12,15H2,(H2,31,37)(H,32,38)(H,33,34,35)/t20-/m0/s1. The molecule has 0 bridgehead atoms. The fraction of sp³-hybridized carbons (Fsp3) is 0.333. The van der Waals surface area contributed by atoms with Crippen molar-refractivity contribution in [2.24, 2.45) is 5.73 Å². The number of hydrogen-bond donors (Lipinski definition) is 3. The van der Waals surface area contributed by atoms with E-state index in [0.717, 1.165) is 38.1 Å². The molecule has 0 radical (unpaired) electrons. The van der Waals surface area contributed by atoms with E-state index >= 15 is 0 Å². The fourth-order valence-electron chi connectivity index (χ4n) is 4.65. The highest BCUT2D eigenvalue weighted by Gasteiger charge is 2.31. The Kier molecular flexibility index (Phi) is 7.38. The van der Waals surface area contributed by atoms with Crippen LogP contribution in [-0.4, -0.2) is 52.4 Å². The van der Waals surface area contributed by atoms with Crippen LogP contribution in [0.2, 0.25) is 0 Å². The zero-order valence-corrected chi connectivity index (χ0v) is 20.9. The van der Waals surface area contributed by atoms with Crippen molar-refractivity contribution in [2.45, 2.75) is 38.0 Å². The number of carbonyl (C=O) groups is 2. The Balaban J connectivity index is 1.38. The van der Waals surface area contributed by atoms with Crippen LogP contribution in [0.25, 0.3) is 11.4 Å². The molecule has 2 saturated heterocycles. The van der Waals surface area contributed by atoms with Crippen molar-refractivity contribution in [2.75, 3.05) is 25.0 Å². The Morgan fingerprint density at radius 1 is 1.10 bits per heavy atom. The number of nitrogens with one attached hydrogen (secondary N) is 2. The maximum Gasteiger partial charge on any atom is 0.416 e. The van der Waals surface area contributed by atoms with E-state index in [4.69, 9.17) is 10.5 Å². The van der Waals surface area contributed by atoms with Gasteiger partial charge in [0.25, 0.3) is 5.91 Å². The molecule has 39 heavy (non-hydrogen) atoms. The molecule has 4 N–H and O–H groups in total. The van der Waals surface area contributed by atoms with Gasteiger partial charge in [0.15, 0.2) is 5.82 Å². The number of primary amides is 1. The number of carbonyl (C=O) groups excluding carboxylic acids is 2. The minimum absolute atomic E-state index is 0.0162. The fourth-order valence-corrected chi connectivity index (χ4v) is 4.65. The summed E-state index contributed by atoms with van der Waals surface area (Å²) in [5.74, 6) is 0.342. The molecule has 1 atom stereocenters. The molecule has 1 aromatic heterocycles. The van der Waals surface area contributed by atoms with Gasteiger partial charge in [0.1, 0.15) is 29.1 Å². The molecule has 2 aromatic carbocycles. The zero-order valence-electron chi connectivity index (χ0n) is 20.9. The summed E-state index contributed by atoms with van der Waals surface area (Å²) in [7, 11) is 0. The molecular formula is C27H27F3N6O3. The van der Waals surface area contributed by atoms with Crippen LogP contribution in [-0.2, 0) is 17.5 Å². The molecule has 0 aliphatic carbocycles. The zero-order chi connectivity index (χ0) is 27.6. The third kappa shape index (κ3) is 6.28. The third-order valence-corrected chi connectivity index (χ3v) is 6.67. The number of halogens is 3. The summed E-state index contributed by atoms with van der Waals surface area (Å²) in [5.41, 5.74) is 5.73. The summed E-state index contributed by atoms with van der Waals surface area (Å²) in [5, 5.41) is 5.74. The van der Waals surface area contributed by atoms with Gasteiger partial charge in [0.2, 0.25) is 5.91 Å². The van der Waals surface area contributed by atoms with Crippen molar-refractivity contribution in [3.63, 3.8) is 0 Å². The first-order valence-electron chi connectivity index (χ1n) is 12.6. The summed E-state index contributed by atoms with van der Waals surface area (Å²) in [6.45, 7) is 2.56. The topological polar surface area (TPSA) is 122 Å². The number of ether oxygens (including phenoxy) is 1. The Hall–Kier alpha value is -4.19. The highest BCUT2D eigenvalue weighted by atomic mass is 19.4. The molecule has 2 fully saturated rings. The van der Waals surface area contributed by atoms with Crippen molar-refractivity contribution in [3.05, 3.63) is 65.4 Å². The van der Waals surface area contributed by atoms with Gasteiger partial charge in [-0.3, -0.25) is 14.5 Å². The monoisotopic (exact) mass is 540 g/mol. The van der Waals surface area contributed by atoms with Crippen LogP contribution in [0.5, 0.6) is 11.5 Å². The van der Waals surface area contributed by atoms with E-state index in [-0.39, 0.29) is 23.2 Å². The van der Waals surface area contributed by atoms with Crippen LogP contribution in [0.3, 0.4) is 0 Å². The summed E-state index contributed by atoms with van der Waals surface area (Å²) in [6.07, 6.45) is -1.85. The van der Waals surface area contributed by atoms with Crippen molar-refractivity contribution in [3.8, 4) is 22.9 Å². The highest BCUT2D eigenvalue weighted by molar-refractivity contribution is 5.92. The molecule has 2 aliphatic rings. The number of nitrogens with zero attached hydrogens (tertiary/aromatic N) is 3. The number of likely N-dealkylation sites (tertiary alicyclic amines) is 1. The quantitative estimate of drug-likeness (QED) is 0.396. The SMILES string of the molecule is NC(=O)c1cc(N[C@H]2CCNC2=O)nc(-c2ccc(Oc3ccc(C(F)(F)F)cc3CN3CCCC3)cc2)n1. The van der Waals surface area contributed by atoms with Crippen LogP contribution in [0, 0.1) is 0 Å². The predicted octanol–water partition coefficient (Wildman–Crippen LogP) is 3.95. The number of hydrogen-bond acceptors (Lipinski definition) is 7. The van der Waals surface area contributed by atoms with Crippen LogP contribution >= 0.6 is 0 Å². The van der Waals surface area contributed by atoms with Crippen LogP contribution in [0.1, 0.15) is 40.9 Å². The lowest BCUT2D eigenvalue weighted by molar-refractivity contribution is -0.137. The number of alkyl halides is 3.